The molecule has 0 radical (unpaired) electrons. The van der Waals surface area contributed by atoms with Crippen molar-refractivity contribution in [1.29, 1.82) is 0 Å². The van der Waals surface area contributed by atoms with Crippen LogP contribution in [-0.2, 0) is 14.8 Å². The molecule has 1 aliphatic rings. The third kappa shape index (κ3) is 4.71. The molecule has 156 valence electrons. The molecule has 3 rings (SSSR count). The third-order valence-electron chi connectivity index (χ3n) is 4.97. The molecule has 0 saturated carbocycles. The van der Waals surface area contributed by atoms with Crippen LogP contribution in [0.1, 0.15) is 18.4 Å². The summed E-state index contributed by atoms with van der Waals surface area (Å²) in [6.45, 7) is 2.31. The van der Waals surface area contributed by atoms with E-state index >= 15 is 0 Å². The molecule has 0 aliphatic carbocycles. The molecular weight excluding hydrogens is 419 g/mol. The molecule has 1 fully saturated rings. The molecular formula is C20H22ClFN2O4S. The SMILES string of the molecule is COc1ccc(C)cc1NC(=O)C1CCN(S(=O)(=O)c2ccc(F)c(Cl)c2)CC1. The second kappa shape index (κ2) is 8.69. The van der Waals surface area contributed by atoms with Crippen LogP contribution in [0.2, 0.25) is 5.02 Å². The molecule has 1 saturated heterocycles. The maximum Gasteiger partial charge on any atom is 0.243 e. The molecule has 0 aromatic heterocycles. The van der Waals surface area contributed by atoms with E-state index in [1.165, 1.54) is 17.5 Å². The van der Waals surface area contributed by atoms with Crippen molar-refractivity contribution in [2.24, 2.45) is 5.92 Å². The first-order chi connectivity index (χ1) is 13.7. The number of halogens is 2. The van der Waals surface area contributed by atoms with E-state index in [-0.39, 0.29) is 34.8 Å². The lowest BCUT2D eigenvalue weighted by atomic mass is 9.97. The van der Waals surface area contributed by atoms with Gasteiger partial charge in [-0.15, -0.1) is 0 Å². The normalized spacial score (nSPS) is 15.9. The minimum atomic E-state index is -3.80. The Labute approximate surface area is 174 Å². The number of sulfonamides is 1. The highest BCUT2D eigenvalue weighted by Crippen LogP contribution is 2.29. The van der Waals surface area contributed by atoms with Gasteiger partial charge in [0.05, 0.1) is 22.7 Å². The van der Waals surface area contributed by atoms with Gasteiger partial charge in [0.15, 0.2) is 0 Å². The van der Waals surface area contributed by atoms with Crippen molar-refractivity contribution >= 4 is 33.2 Å². The van der Waals surface area contributed by atoms with Gasteiger partial charge in [-0.05, 0) is 55.7 Å². The third-order valence-corrected chi connectivity index (χ3v) is 7.15. The quantitative estimate of drug-likeness (QED) is 0.766. The predicted octanol–water partition coefficient (Wildman–Crippen LogP) is 3.84. The number of piperidine rings is 1. The van der Waals surface area contributed by atoms with Crippen molar-refractivity contribution < 1.29 is 22.3 Å². The van der Waals surface area contributed by atoms with Crippen molar-refractivity contribution in [1.82, 2.24) is 4.31 Å². The summed E-state index contributed by atoms with van der Waals surface area (Å²) in [6, 6.07) is 8.83. The molecule has 9 heteroatoms. The highest BCUT2D eigenvalue weighted by Gasteiger charge is 2.32. The lowest BCUT2D eigenvalue weighted by Crippen LogP contribution is -2.41. The van der Waals surface area contributed by atoms with Gasteiger partial charge >= 0.3 is 0 Å². The summed E-state index contributed by atoms with van der Waals surface area (Å²) in [5, 5.41) is 2.64. The molecule has 6 nitrogen and oxygen atoms in total. The summed E-state index contributed by atoms with van der Waals surface area (Å²) < 4.78 is 45.4. The molecule has 1 aliphatic heterocycles. The van der Waals surface area contributed by atoms with E-state index in [4.69, 9.17) is 16.3 Å². The van der Waals surface area contributed by atoms with Gasteiger partial charge in [-0.3, -0.25) is 4.79 Å². The van der Waals surface area contributed by atoms with Crippen LogP contribution in [0.5, 0.6) is 5.75 Å². The van der Waals surface area contributed by atoms with Gasteiger partial charge in [-0.2, -0.15) is 4.31 Å². The first kappa shape index (κ1) is 21.5. The van der Waals surface area contributed by atoms with E-state index in [9.17, 15) is 17.6 Å². The Morgan fingerprint density at radius 1 is 1.21 bits per heavy atom. The number of carbonyl (C=O) groups excluding carboxylic acids is 1. The topological polar surface area (TPSA) is 75.7 Å². The second-order valence-electron chi connectivity index (χ2n) is 6.95. The van der Waals surface area contributed by atoms with Gasteiger partial charge in [0.2, 0.25) is 15.9 Å². The van der Waals surface area contributed by atoms with Crippen LogP contribution < -0.4 is 10.1 Å². The number of amides is 1. The van der Waals surface area contributed by atoms with Gasteiger partial charge in [0, 0.05) is 19.0 Å². The molecule has 1 amide bonds. The highest BCUT2D eigenvalue weighted by atomic mass is 35.5. The van der Waals surface area contributed by atoms with Gasteiger partial charge in [-0.25, -0.2) is 12.8 Å². The Morgan fingerprint density at radius 3 is 2.52 bits per heavy atom. The molecule has 2 aromatic rings. The van der Waals surface area contributed by atoms with Gasteiger partial charge in [-0.1, -0.05) is 17.7 Å². The predicted molar refractivity (Wildman–Crippen MR) is 109 cm³/mol. The number of anilines is 1. The van der Waals surface area contributed by atoms with Crippen molar-refractivity contribution in [2.45, 2.75) is 24.7 Å². The van der Waals surface area contributed by atoms with Crippen molar-refractivity contribution in [3.8, 4) is 5.75 Å². The average Bonchev–Trinajstić information content (AvgIpc) is 2.70. The maximum atomic E-state index is 13.3. The van der Waals surface area contributed by atoms with E-state index in [1.54, 1.807) is 6.07 Å². The Bertz CT molecular complexity index is 1020. The van der Waals surface area contributed by atoms with Gasteiger partial charge in [0.1, 0.15) is 11.6 Å². The maximum absolute atomic E-state index is 13.3. The molecule has 1 heterocycles. The smallest absolute Gasteiger partial charge is 0.243 e. The Morgan fingerprint density at radius 2 is 1.90 bits per heavy atom. The monoisotopic (exact) mass is 440 g/mol. The summed E-state index contributed by atoms with van der Waals surface area (Å²) in [5.41, 5.74) is 1.58. The zero-order valence-electron chi connectivity index (χ0n) is 16.1. The number of nitrogens with zero attached hydrogens (tertiary/aromatic N) is 1. The van der Waals surface area contributed by atoms with Gasteiger partial charge in [0.25, 0.3) is 0 Å². The molecule has 1 N–H and O–H groups in total. The molecule has 29 heavy (non-hydrogen) atoms. The lowest BCUT2D eigenvalue weighted by molar-refractivity contribution is -0.120. The number of hydrogen-bond acceptors (Lipinski definition) is 4. The van der Waals surface area contributed by atoms with E-state index in [0.29, 0.717) is 24.3 Å². The molecule has 0 spiro atoms. The average molecular weight is 441 g/mol. The van der Waals surface area contributed by atoms with Crippen LogP contribution in [0.3, 0.4) is 0 Å². The van der Waals surface area contributed by atoms with Crippen molar-refractivity contribution in [2.75, 3.05) is 25.5 Å². The first-order valence-electron chi connectivity index (χ1n) is 9.13. The van der Waals surface area contributed by atoms with Crippen LogP contribution in [-0.4, -0.2) is 38.8 Å². The Balaban J connectivity index is 1.66. The van der Waals surface area contributed by atoms with Crippen LogP contribution in [0.15, 0.2) is 41.3 Å². The Hall–Kier alpha value is -2.16. The summed E-state index contributed by atoms with van der Waals surface area (Å²) in [5.74, 6) is -0.594. The number of carbonyl (C=O) groups is 1. The fourth-order valence-corrected chi connectivity index (χ4v) is 5.04. The van der Waals surface area contributed by atoms with Crippen LogP contribution in [0.25, 0.3) is 0 Å². The number of benzene rings is 2. The van der Waals surface area contributed by atoms with E-state index < -0.39 is 15.8 Å². The largest absolute Gasteiger partial charge is 0.495 e. The van der Waals surface area contributed by atoms with E-state index in [0.717, 1.165) is 17.7 Å². The number of methoxy groups -OCH3 is 1. The number of rotatable bonds is 5. The van der Waals surface area contributed by atoms with Gasteiger partial charge < -0.3 is 10.1 Å². The standard InChI is InChI=1S/C20H22ClFN2O4S/c1-13-3-6-19(28-2)18(11-13)23-20(25)14-7-9-24(10-8-14)29(26,27)15-4-5-17(22)16(21)12-15/h3-6,11-12,14H,7-10H2,1-2H3,(H,23,25). The molecule has 0 atom stereocenters. The van der Waals surface area contributed by atoms with Crippen molar-refractivity contribution in [3.63, 3.8) is 0 Å². The number of aryl methyl sites for hydroxylation is 1. The lowest BCUT2D eigenvalue weighted by Gasteiger charge is -2.30. The fourth-order valence-electron chi connectivity index (χ4n) is 3.30. The van der Waals surface area contributed by atoms with Crippen LogP contribution in [0, 0.1) is 18.7 Å². The minimum absolute atomic E-state index is 0.0590. The van der Waals surface area contributed by atoms with Crippen LogP contribution >= 0.6 is 11.6 Å². The highest BCUT2D eigenvalue weighted by molar-refractivity contribution is 7.89. The number of hydrogen-bond donors (Lipinski definition) is 1. The molecule has 2 aromatic carbocycles. The van der Waals surface area contributed by atoms with E-state index in [1.807, 2.05) is 19.1 Å². The zero-order valence-corrected chi connectivity index (χ0v) is 17.7. The second-order valence-corrected chi connectivity index (χ2v) is 9.29. The Kier molecular flexibility index (Phi) is 6.45. The summed E-state index contributed by atoms with van der Waals surface area (Å²) >= 11 is 5.72. The zero-order chi connectivity index (χ0) is 21.2. The first-order valence-corrected chi connectivity index (χ1v) is 10.9. The minimum Gasteiger partial charge on any atom is -0.495 e. The van der Waals surface area contributed by atoms with Crippen molar-refractivity contribution in [3.05, 3.63) is 52.8 Å². The number of ether oxygens (including phenoxy) is 1. The van der Waals surface area contributed by atoms with Crippen LogP contribution in [0.4, 0.5) is 10.1 Å². The fraction of sp³-hybridized carbons (Fsp3) is 0.350. The van der Waals surface area contributed by atoms with E-state index in [2.05, 4.69) is 5.32 Å². The summed E-state index contributed by atoms with van der Waals surface area (Å²) in [7, 11) is -2.26. The molecule has 0 bridgehead atoms. The molecule has 0 unspecified atom stereocenters. The number of nitrogens with one attached hydrogen (secondary N) is 1. The summed E-state index contributed by atoms with van der Waals surface area (Å²) in [6.07, 6.45) is 0.766. The summed E-state index contributed by atoms with van der Waals surface area (Å²) in [4.78, 5) is 12.6.